The van der Waals surface area contributed by atoms with Gasteiger partial charge < -0.3 is 0 Å². The van der Waals surface area contributed by atoms with Crippen molar-refractivity contribution in [3.63, 3.8) is 0 Å². The van der Waals surface area contributed by atoms with Crippen molar-refractivity contribution in [2.45, 2.75) is 218 Å². The fourth-order valence-electron chi connectivity index (χ4n) is 10.5. The van der Waals surface area contributed by atoms with E-state index in [1.54, 1.807) is 12.1 Å². The molecule has 6 aromatic carbocycles. The van der Waals surface area contributed by atoms with Crippen LogP contribution in [0.5, 0.6) is 0 Å². The van der Waals surface area contributed by atoms with E-state index in [-0.39, 0.29) is 83.0 Å². The quantitative estimate of drug-likeness (QED) is 0.0472. The lowest BCUT2D eigenvalue weighted by Crippen LogP contribution is -2.45. The van der Waals surface area contributed by atoms with Gasteiger partial charge in [-0.05, 0) is 174 Å². The van der Waals surface area contributed by atoms with Crippen LogP contribution in [0.25, 0.3) is 10.8 Å². The highest BCUT2D eigenvalue weighted by atomic mass is 19.1. The van der Waals surface area contributed by atoms with Gasteiger partial charge in [0, 0.05) is 59.8 Å². The molecule has 0 aliphatic heterocycles. The highest BCUT2D eigenvalue weighted by Crippen LogP contribution is 2.28. The number of carbonyl (C=O) groups excluding carboxylic acids is 5. The molecule has 0 unspecified atom stereocenters. The minimum absolute atomic E-state index is 0.00616. The molecular weight excluding hydrogens is 1150 g/mol. The van der Waals surface area contributed by atoms with Crippen molar-refractivity contribution >= 4 is 39.7 Å². The van der Waals surface area contributed by atoms with Crippen LogP contribution < -0.4 is 0 Å². The van der Waals surface area contributed by atoms with Crippen LogP contribution >= 0.6 is 0 Å². The first-order chi connectivity index (χ1) is 43.5. The Hall–Kier alpha value is -6.34. The zero-order valence-corrected chi connectivity index (χ0v) is 61.9. The molecule has 10 nitrogen and oxygen atoms in total. The third-order valence-electron chi connectivity index (χ3n) is 17.8. The average molecular weight is 1280 g/mol. The summed E-state index contributed by atoms with van der Waals surface area (Å²) < 4.78 is 12.9. The van der Waals surface area contributed by atoms with Crippen LogP contribution in [0.1, 0.15) is 178 Å². The fraction of sp³-hybridized carbons (Fsp3) is 0.524. The number of benzene rings is 6. The van der Waals surface area contributed by atoms with Crippen LogP contribution in [-0.4, -0.2) is 137 Å². The molecule has 0 saturated heterocycles. The number of halogens is 1. The first-order valence-electron chi connectivity index (χ1n) is 34.2. The normalized spacial score (nSPS) is 13.3. The van der Waals surface area contributed by atoms with E-state index in [0.29, 0.717) is 48.2 Å². The van der Waals surface area contributed by atoms with Gasteiger partial charge in [-0.1, -0.05) is 215 Å². The van der Waals surface area contributed by atoms with E-state index in [1.807, 2.05) is 176 Å². The van der Waals surface area contributed by atoms with Gasteiger partial charge in [-0.3, -0.25) is 48.5 Å². The largest absolute Gasteiger partial charge is 0.298 e. The molecule has 0 spiro atoms. The first kappa shape index (κ1) is 82.8. The van der Waals surface area contributed by atoms with Gasteiger partial charge in [0.25, 0.3) is 0 Å². The highest BCUT2D eigenvalue weighted by molar-refractivity contribution is 5.89. The van der Waals surface area contributed by atoms with Crippen LogP contribution in [0, 0.1) is 35.4 Å². The van der Waals surface area contributed by atoms with Crippen molar-refractivity contribution in [3.8, 4) is 0 Å². The third kappa shape index (κ3) is 27.5. The minimum atomic E-state index is -0.243. The summed E-state index contributed by atoms with van der Waals surface area (Å²) in [5.74, 6) is 1.48. The number of carbonyl (C=O) groups is 5. The van der Waals surface area contributed by atoms with Gasteiger partial charge in [0.05, 0.1) is 30.2 Å². The molecule has 0 radical (unpaired) electrons. The van der Waals surface area contributed by atoms with Gasteiger partial charge in [-0.15, -0.1) is 0 Å². The minimum Gasteiger partial charge on any atom is -0.298 e. The second-order valence-corrected chi connectivity index (χ2v) is 28.2. The van der Waals surface area contributed by atoms with E-state index >= 15 is 0 Å². The molecule has 0 heterocycles. The number of hydrogen-bond donors (Lipinski definition) is 0. The Morgan fingerprint density at radius 2 is 0.548 bits per heavy atom. The second kappa shape index (κ2) is 41.5. The van der Waals surface area contributed by atoms with Crippen LogP contribution in [0.2, 0.25) is 0 Å². The monoisotopic (exact) mass is 1280 g/mol. The van der Waals surface area contributed by atoms with E-state index in [2.05, 4.69) is 155 Å². The predicted molar refractivity (Wildman–Crippen MR) is 391 cm³/mol. The van der Waals surface area contributed by atoms with E-state index in [1.165, 1.54) is 34.0 Å². The van der Waals surface area contributed by atoms with Crippen molar-refractivity contribution in [2.24, 2.45) is 29.6 Å². The van der Waals surface area contributed by atoms with Gasteiger partial charge in [-0.25, -0.2) is 4.39 Å². The zero-order valence-electron chi connectivity index (χ0n) is 61.9. The maximum absolute atomic E-state index is 12.9. The number of nitrogens with zero attached hydrogens (tertiary/aromatic N) is 5. The smallest absolute Gasteiger partial charge is 0.157 e. The molecule has 512 valence electrons. The standard InChI is InChI=1S/C20H27NO.C16H24FNO.C16H25NO.2C15H23NO/c1-14(2)20(22)19(21(5)15(3)4)13-16-10-11-17-8-6-7-9-18(17)12-16;1-11(2)16(19)15(18(5)12(3)4)10-13-6-8-14(17)9-7-13;1-12(2)16(18)15(17(5)13(3)4)11-14-9-7-6-8-10-14;2*1-11(2)15(17)14(16(5)12(3)4)13-9-7-6-8-10-13/h6-12,14-15,19H,13H2,1-5H3;6-9,11-12,15H,10H2,1-5H3;6-10,12-13,15H,11H2,1-5H3;2*6-12,14H,1-5H3/t19-;2*15-;2*14-/m11110/s1. The Morgan fingerprint density at radius 1 is 0.290 bits per heavy atom. The number of hydrogen-bond acceptors (Lipinski definition) is 10. The van der Waals surface area contributed by atoms with Gasteiger partial charge in [-0.2, -0.15) is 0 Å². The van der Waals surface area contributed by atoms with Crippen molar-refractivity contribution in [1.82, 2.24) is 24.5 Å². The van der Waals surface area contributed by atoms with Crippen LogP contribution in [-0.2, 0) is 43.2 Å². The molecule has 0 saturated carbocycles. The van der Waals surface area contributed by atoms with Gasteiger partial charge >= 0.3 is 0 Å². The number of Topliss-reactive ketones (excluding diaryl/α,β-unsaturated/α-hetero) is 5. The Morgan fingerprint density at radius 3 is 0.849 bits per heavy atom. The van der Waals surface area contributed by atoms with Crippen LogP contribution in [0.4, 0.5) is 4.39 Å². The lowest BCUT2D eigenvalue weighted by Gasteiger charge is -2.31. The molecule has 0 fully saturated rings. The summed E-state index contributed by atoms with van der Waals surface area (Å²) >= 11 is 0. The molecule has 0 aromatic heterocycles. The van der Waals surface area contributed by atoms with E-state index < -0.39 is 0 Å². The Labute approximate surface area is 564 Å². The van der Waals surface area contributed by atoms with E-state index in [4.69, 9.17) is 0 Å². The molecular formula is C82H122FN5O5. The summed E-state index contributed by atoms with van der Waals surface area (Å²) in [6.07, 6.45) is 2.20. The Balaban J connectivity index is 0.000000397. The molecule has 0 aliphatic carbocycles. The molecule has 6 aromatic rings. The summed E-state index contributed by atoms with van der Waals surface area (Å²) in [6, 6.07) is 52.8. The fourth-order valence-corrected chi connectivity index (χ4v) is 10.5. The van der Waals surface area contributed by atoms with E-state index in [0.717, 1.165) is 29.5 Å². The number of likely N-dealkylation sites (N-methyl/N-ethyl adjacent to an activating group) is 5. The van der Waals surface area contributed by atoms with Crippen molar-refractivity contribution in [3.05, 3.63) is 191 Å². The van der Waals surface area contributed by atoms with Gasteiger partial charge in [0.2, 0.25) is 0 Å². The molecule has 6 rings (SSSR count). The first-order valence-corrected chi connectivity index (χ1v) is 34.2. The summed E-state index contributed by atoms with van der Waals surface area (Å²) in [7, 11) is 10.1. The van der Waals surface area contributed by atoms with Crippen LogP contribution in [0.3, 0.4) is 0 Å². The van der Waals surface area contributed by atoms with Gasteiger partial charge in [0.1, 0.15) is 5.82 Å². The van der Waals surface area contributed by atoms with Crippen LogP contribution in [0.15, 0.2) is 158 Å². The molecule has 0 amide bonds. The summed E-state index contributed by atoms with van der Waals surface area (Å²) in [4.78, 5) is 72.7. The number of rotatable bonds is 28. The third-order valence-corrected chi connectivity index (χ3v) is 17.8. The molecule has 11 heteroatoms. The maximum Gasteiger partial charge on any atom is 0.157 e. The lowest BCUT2D eigenvalue weighted by molar-refractivity contribution is -0.128. The molecule has 0 N–H and O–H groups in total. The Kier molecular flexibility index (Phi) is 36.9. The summed E-state index contributed by atoms with van der Waals surface area (Å²) in [5.41, 5.74) is 5.62. The summed E-state index contributed by atoms with van der Waals surface area (Å²) in [6.45, 7) is 40.8. The molecule has 93 heavy (non-hydrogen) atoms. The molecule has 0 bridgehead atoms. The van der Waals surface area contributed by atoms with E-state index in [9.17, 15) is 28.4 Å². The SMILES string of the molecule is CC(C)C(=O)[C@@H](Cc1ccc(F)cc1)N(C)C(C)C.CC(C)C(=O)[C@@H](Cc1ccc2ccccc2c1)N(C)C(C)C.CC(C)C(=O)[C@@H](Cc1ccccc1)N(C)C(C)C.CC(C)C(=O)[C@@H](c1ccccc1)N(C)C(C)C.CC(C)C(=O)[C@H](c1ccccc1)N(C)C(C)C. The second-order valence-electron chi connectivity index (χ2n) is 28.2. The lowest BCUT2D eigenvalue weighted by atomic mass is 9.93. The zero-order chi connectivity index (χ0) is 70.6. The number of fused-ring (bicyclic) bond motifs is 1. The topological polar surface area (TPSA) is 102 Å². The maximum atomic E-state index is 12.9. The van der Waals surface area contributed by atoms with Crippen molar-refractivity contribution < 1.29 is 28.4 Å². The Bertz CT molecular complexity index is 3030. The predicted octanol–water partition coefficient (Wildman–Crippen LogP) is 17.4. The summed E-state index contributed by atoms with van der Waals surface area (Å²) in [5, 5.41) is 2.48. The molecule has 5 atom stereocenters. The number of ketones is 5. The highest BCUT2D eigenvalue weighted by Gasteiger charge is 2.32. The molecule has 0 aliphatic rings. The average Bonchev–Trinajstić information content (AvgIpc) is 1.01. The van der Waals surface area contributed by atoms with Gasteiger partial charge in [0.15, 0.2) is 28.9 Å². The van der Waals surface area contributed by atoms with Crippen molar-refractivity contribution in [2.75, 3.05) is 35.2 Å². The van der Waals surface area contributed by atoms with Crippen molar-refractivity contribution in [1.29, 1.82) is 0 Å².